The van der Waals surface area contributed by atoms with Crippen molar-refractivity contribution in [1.29, 1.82) is 0 Å². The summed E-state index contributed by atoms with van der Waals surface area (Å²) in [5, 5.41) is 12.8. The highest BCUT2D eigenvalue weighted by Crippen LogP contribution is 2.40. The maximum atomic E-state index is 14.2. The first kappa shape index (κ1) is 19.2. The zero-order valence-corrected chi connectivity index (χ0v) is 13.5. The van der Waals surface area contributed by atoms with Crippen molar-refractivity contribution in [3.05, 3.63) is 35.1 Å². The van der Waals surface area contributed by atoms with E-state index in [1.165, 1.54) is 0 Å². The van der Waals surface area contributed by atoms with Gasteiger partial charge in [0.25, 0.3) is 0 Å². The molecule has 7 heteroatoms. The summed E-state index contributed by atoms with van der Waals surface area (Å²) >= 11 is 0. The third kappa shape index (κ3) is 3.74. The van der Waals surface area contributed by atoms with Crippen LogP contribution in [0.5, 0.6) is 0 Å². The monoisotopic (exact) mass is 338 g/mol. The molecule has 0 saturated carbocycles. The van der Waals surface area contributed by atoms with Crippen LogP contribution in [-0.4, -0.2) is 42.8 Å². The lowest BCUT2D eigenvalue weighted by molar-refractivity contribution is 0.0262. The predicted octanol–water partition coefficient (Wildman–Crippen LogP) is 2.49. The van der Waals surface area contributed by atoms with Crippen molar-refractivity contribution in [1.82, 2.24) is 10.2 Å². The fraction of sp³-hybridized carbons (Fsp3) is 0.600. The van der Waals surface area contributed by atoms with E-state index >= 15 is 0 Å². The number of rotatable bonds is 4. The second kappa shape index (κ2) is 7.64. The van der Waals surface area contributed by atoms with Gasteiger partial charge < -0.3 is 10.4 Å². The summed E-state index contributed by atoms with van der Waals surface area (Å²) in [6, 6.07) is 1.01. The van der Waals surface area contributed by atoms with Crippen LogP contribution in [0.25, 0.3) is 0 Å². The van der Waals surface area contributed by atoms with Crippen LogP contribution in [0.3, 0.4) is 0 Å². The van der Waals surface area contributed by atoms with Crippen LogP contribution < -0.4 is 5.32 Å². The van der Waals surface area contributed by atoms with Crippen LogP contribution in [0.2, 0.25) is 0 Å². The Morgan fingerprint density at radius 1 is 1.18 bits per heavy atom. The fourth-order valence-corrected chi connectivity index (χ4v) is 2.89. The standard InChI is InChI=1S/C15H21F3N2O.ClH/c1-15(2,9-21)14(20-7-5-19-6-8-20)12-10(16)3-4-11(17)13(12)18;/h3-4,14,19,21H,5-9H2,1-2H3;1H/t14-;/m1./s1. The molecule has 1 aliphatic rings. The van der Waals surface area contributed by atoms with Gasteiger partial charge in [-0.15, -0.1) is 12.4 Å². The highest BCUT2D eigenvalue weighted by atomic mass is 35.5. The Labute approximate surface area is 134 Å². The van der Waals surface area contributed by atoms with Gasteiger partial charge in [-0.3, -0.25) is 4.90 Å². The summed E-state index contributed by atoms with van der Waals surface area (Å²) in [4.78, 5) is 1.90. The normalized spacial score (nSPS) is 17.9. The van der Waals surface area contributed by atoms with Gasteiger partial charge in [-0.2, -0.15) is 0 Å². The first-order valence-corrected chi connectivity index (χ1v) is 7.07. The van der Waals surface area contributed by atoms with Crippen LogP contribution in [0, 0.1) is 22.9 Å². The minimum Gasteiger partial charge on any atom is -0.396 e. The van der Waals surface area contributed by atoms with Crippen molar-refractivity contribution in [3.63, 3.8) is 0 Å². The molecule has 1 heterocycles. The molecular formula is C15H22ClF3N2O. The molecule has 1 saturated heterocycles. The molecule has 1 aliphatic heterocycles. The zero-order valence-electron chi connectivity index (χ0n) is 12.7. The van der Waals surface area contributed by atoms with Crippen LogP contribution >= 0.6 is 12.4 Å². The fourth-order valence-electron chi connectivity index (χ4n) is 2.89. The Bertz CT molecular complexity index is 508. The number of piperazine rings is 1. The molecule has 2 rings (SSSR count). The Hall–Kier alpha value is -0.820. The summed E-state index contributed by atoms with van der Waals surface area (Å²) in [7, 11) is 0. The molecule has 0 amide bonds. The van der Waals surface area contributed by atoms with Gasteiger partial charge in [-0.05, 0) is 12.1 Å². The van der Waals surface area contributed by atoms with Gasteiger partial charge in [0.05, 0.1) is 0 Å². The third-order valence-corrected chi connectivity index (χ3v) is 4.02. The summed E-state index contributed by atoms with van der Waals surface area (Å²) in [5.41, 5.74) is -1.09. The topological polar surface area (TPSA) is 35.5 Å². The second-order valence-electron chi connectivity index (χ2n) is 6.09. The van der Waals surface area contributed by atoms with E-state index in [1.807, 2.05) is 4.90 Å². The number of nitrogens with zero attached hydrogens (tertiary/aromatic N) is 1. The largest absolute Gasteiger partial charge is 0.396 e. The molecule has 0 radical (unpaired) electrons. The number of aliphatic hydroxyl groups excluding tert-OH is 1. The molecular weight excluding hydrogens is 317 g/mol. The number of hydrogen-bond acceptors (Lipinski definition) is 3. The molecule has 0 aliphatic carbocycles. The molecule has 1 atom stereocenters. The van der Waals surface area contributed by atoms with E-state index < -0.39 is 28.9 Å². The summed E-state index contributed by atoms with van der Waals surface area (Å²) in [6.07, 6.45) is 0. The van der Waals surface area contributed by atoms with Crippen molar-refractivity contribution in [3.8, 4) is 0 Å². The van der Waals surface area contributed by atoms with Gasteiger partial charge in [-0.1, -0.05) is 13.8 Å². The predicted molar refractivity (Wildman–Crippen MR) is 81.6 cm³/mol. The zero-order chi connectivity index (χ0) is 15.6. The van der Waals surface area contributed by atoms with Crippen molar-refractivity contribution in [2.45, 2.75) is 19.9 Å². The number of hydrogen-bond donors (Lipinski definition) is 2. The molecule has 1 fully saturated rings. The average molecular weight is 339 g/mol. The lowest BCUT2D eigenvalue weighted by atomic mass is 9.79. The van der Waals surface area contributed by atoms with E-state index in [-0.39, 0.29) is 24.6 Å². The van der Waals surface area contributed by atoms with Gasteiger partial charge in [0.1, 0.15) is 5.82 Å². The number of aliphatic hydroxyl groups is 1. The molecule has 2 N–H and O–H groups in total. The minimum absolute atomic E-state index is 0. The molecule has 1 aromatic carbocycles. The number of benzene rings is 1. The SMILES string of the molecule is CC(C)(CO)[C@@H](c1c(F)ccc(F)c1F)N1CCNCC1.Cl. The van der Waals surface area contributed by atoms with Crippen LogP contribution in [0.4, 0.5) is 13.2 Å². The maximum Gasteiger partial charge on any atom is 0.166 e. The van der Waals surface area contributed by atoms with Crippen molar-refractivity contribution in [2.24, 2.45) is 5.41 Å². The van der Waals surface area contributed by atoms with E-state index in [0.29, 0.717) is 26.2 Å². The van der Waals surface area contributed by atoms with Crippen molar-refractivity contribution in [2.75, 3.05) is 32.8 Å². The summed E-state index contributed by atoms with van der Waals surface area (Å²) < 4.78 is 41.9. The van der Waals surface area contributed by atoms with E-state index in [2.05, 4.69) is 5.32 Å². The van der Waals surface area contributed by atoms with Gasteiger partial charge in [0, 0.05) is 49.8 Å². The smallest absolute Gasteiger partial charge is 0.166 e. The molecule has 0 spiro atoms. The van der Waals surface area contributed by atoms with Crippen LogP contribution in [0.1, 0.15) is 25.5 Å². The quantitative estimate of drug-likeness (QED) is 0.828. The second-order valence-corrected chi connectivity index (χ2v) is 6.09. The Morgan fingerprint density at radius 3 is 2.27 bits per heavy atom. The highest BCUT2D eigenvalue weighted by Gasteiger charge is 2.39. The van der Waals surface area contributed by atoms with E-state index in [0.717, 1.165) is 12.1 Å². The van der Waals surface area contributed by atoms with Crippen LogP contribution in [-0.2, 0) is 0 Å². The molecule has 0 bridgehead atoms. The Balaban J connectivity index is 0.00000242. The molecule has 0 unspecified atom stereocenters. The summed E-state index contributed by atoms with van der Waals surface area (Å²) in [6.45, 7) is 5.75. The molecule has 22 heavy (non-hydrogen) atoms. The highest BCUT2D eigenvalue weighted by molar-refractivity contribution is 5.85. The number of halogens is 4. The first-order chi connectivity index (χ1) is 9.88. The van der Waals surface area contributed by atoms with Gasteiger partial charge in [0.2, 0.25) is 0 Å². The van der Waals surface area contributed by atoms with Gasteiger partial charge in [-0.25, -0.2) is 13.2 Å². The van der Waals surface area contributed by atoms with Gasteiger partial charge >= 0.3 is 0 Å². The lowest BCUT2D eigenvalue weighted by Gasteiger charge is -2.43. The van der Waals surface area contributed by atoms with Crippen molar-refractivity contribution < 1.29 is 18.3 Å². The third-order valence-electron chi connectivity index (χ3n) is 4.02. The van der Waals surface area contributed by atoms with Gasteiger partial charge in [0.15, 0.2) is 11.6 Å². The average Bonchev–Trinajstić information content (AvgIpc) is 2.48. The Kier molecular flexibility index (Phi) is 6.67. The van der Waals surface area contributed by atoms with Crippen molar-refractivity contribution >= 4 is 12.4 Å². The van der Waals surface area contributed by atoms with E-state index in [9.17, 15) is 18.3 Å². The molecule has 126 valence electrons. The summed E-state index contributed by atoms with van der Waals surface area (Å²) in [5.74, 6) is -3.01. The maximum absolute atomic E-state index is 14.2. The Morgan fingerprint density at radius 2 is 1.73 bits per heavy atom. The van der Waals surface area contributed by atoms with E-state index in [4.69, 9.17) is 0 Å². The minimum atomic E-state index is -1.17. The first-order valence-electron chi connectivity index (χ1n) is 7.07. The number of nitrogens with one attached hydrogen (secondary N) is 1. The molecule has 0 aromatic heterocycles. The van der Waals surface area contributed by atoms with Crippen LogP contribution in [0.15, 0.2) is 12.1 Å². The lowest BCUT2D eigenvalue weighted by Crippen LogP contribution is -2.50. The molecule has 1 aromatic rings. The van der Waals surface area contributed by atoms with E-state index in [1.54, 1.807) is 13.8 Å². The molecule has 3 nitrogen and oxygen atoms in total.